The van der Waals surface area contributed by atoms with E-state index in [1.54, 1.807) is 4.90 Å². The first-order valence-electron chi connectivity index (χ1n) is 6.77. The summed E-state index contributed by atoms with van der Waals surface area (Å²) in [6, 6.07) is 0. The summed E-state index contributed by atoms with van der Waals surface area (Å²) < 4.78 is 5.22. The topological polar surface area (TPSA) is 46.6 Å². The van der Waals surface area contributed by atoms with Gasteiger partial charge in [0.25, 0.3) is 0 Å². The Kier molecular flexibility index (Phi) is 5.35. The van der Waals surface area contributed by atoms with Crippen LogP contribution >= 0.6 is 11.8 Å². The molecule has 0 bridgehead atoms. The van der Waals surface area contributed by atoms with Crippen LogP contribution in [0.4, 0.5) is 0 Å². The quantitative estimate of drug-likeness (QED) is 0.730. The maximum Gasteiger partial charge on any atom is 0.325 e. The Bertz CT molecular complexity index is 305. The second-order valence-electron chi connectivity index (χ2n) is 5.07. The van der Waals surface area contributed by atoms with Gasteiger partial charge in [-0.3, -0.25) is 9.59 Å². The van der Waals surface area contributed by atoms with Gasteiger partial charge in [0.15, 0.2) is 0 Å². The monoisotopic (exact) mass is 271 g/mol. The van der Waals surface area contributed by atoms with E-state index in [2.05, 4.69) is 0 Å². The van der Waals surface area contributed by atoms with Gasteiger partial charge in [0.1, 0.15) is 6.54 Å². The summed E-state index contributed by atoms with van der Waals surface area (Å²) in [7, 11) is 0. The third-order valence-electron chi connectivity index (χ3n) is 3.43. The molecule has 0 radical (unpaired) electrons. The molecule has 0 unspecified atom stereocenters. The van der Waals surface area contributed by atoms with Crippen LogP contribution in [0.15, 0.2) is 0 Å². The summed E-state index contributed by atoms with van der Waals surface area (Å²) in [6.07, 6.45) is 4.80. The van der Waals surface area contributed by atoms with E-state index in [1.807, 2.05) is 11.8 Å². The molecule has 4 nitrogen and oxygen atoms in total. The fourth-order valence-electron chi connectivity index (χ4n) is 2.18. The first kappa shape index (κ1) is 13.7. The predicted molar refractivity (Wildman–Crippen MR) is 71.4 cm³/mol. The minimum Gasteiger partial charge on any atom is -0.464 e. The first-order valence-corrected chi connectivity index (χ1v) is 7.92. The molecule has 2 heterocycles. The van der Waals surface area contributed by atoms with Crippen molar-refractivity contribution in [2.24, 2.45) is 5.92 Å². The van der Waals surface area contributed by atoms with E-state index in [1.165, 1.54) is 0 Å². The van der Waals surface area contributed by atoms with E-state index < -0.39 is 0 Å². The molecule has 1 amide bonds. The number of thioether (sulfide) groups is 1. The Hall–Kier alpha value is -0.710. The highest BCUT2D eigenvalue weighted by atomic mass is 32.2. The molecule has 0 aromatic carbocycles. The van der Waals surface area contributed by atoms with Crippen LogP contribution in [0.25, 0.3) is 0 Å². The third kappa shape index (κ3) is 4.19. The van der Waals surface area contributed by atoms with Crippen molar-refractivity contribution >= 4 is 23.6 Å². The number of esters is 1. The predicted octanol–water partition coefficient (Wildman–Crippen LogP) is 1.69. The molecule has 18 heavy (non-hydrogen) atoms. The van der Waals surface area contributed by atoms with Crippen LogP contribution in [0, 0.1) is 5.92 Å². The Morgan fingerprint density at radius 1 is 1.28 bits per heavy atom. The van der Waals surface area contributed by atoms with E-state index in [9.17, 15) is 9.59 Å². The van der Waals surface area contributed by atoms with Gasteiger partial charge in [-0.05, 0) is 12.8 Å². The maximum absolute atomic E-state index is 11.8. The van der Waals surface area contributed by atoms with E-state index in [0.717, 1.165) is 37.2 Å². The third-order valence-corrected chi connectivity index (χ3v) is 4.84. The standard InChI is InChI=1S/C13H21NO3S/c15-12-5-3-1-2-4-6-14(12)7-13(16)17-8-11-9-18-10-11/h11H,1-10H2. The number of amides is 1. The van der Waals surface area contributed by atoms with E-state index in [4.69, 9.17) is 4.74 Å². The lowest BCUT2D eigenvalue weighted by molar-refractivity contribution is -0.150. The zero-order chi connectivity index (χ0) is 12.8. The molecule has 2 saturated heterocycles. The van der Waals surface area contributed by atoms with Gasteiger partial charge in [0, 0.05) is 30.4 Å². The Balaban J connectivity index is 1.71. The Labute approximate surface area is 112 Å². The van der Waals surface area contributed by atoms with Crippen molar-refractivity contribution in [3.8, 4) is 0 Å². The zero-order valence-electron chi connectivity index (χ0n) is 10.7. The molecule has 5 heteroatoms. The second-order valence-corrected chi connectivity index (χ2v) is 6.14. The van der Waals surface area contributed by atoms with Crippen molar-refractivity contribution in [1.82, 2.24) is 4.90 Å². The van der Waals surface area contributed by atoms with Crippen LogP contribution in [0.2, 0.25) is 0 Å². The average Bonchev–Trinajstić information content (AvgIpc) is 2.27. The molecule has 2 fully saturated rings. The summed E-state index contributed by atoms with van der Waals surface area (Å²) in [6.45, 7) is 1.36. The summed E-state index contributed by atoms with van der Waals surface area (Å²) in [5, 5.41) is 0. The van der Waals surface area contributed by atoms with E-state index in [0.29, 0.717) is 25.5 Å². The maximum atomic E-state index is 11.8. The average molecular weight is 271 g/mol. The molecule has 0 aliphatic carbocycles. The molecule has 0 saturated carbocycles. The lowest BCUT2D eigenvalue weighted by atomic mass is 10.1. The summed E-state index contributed by atoms with van der Waals surface area (Å²) in [5.41, 5.74) is 0. The molecular weight excluding hydrogens is 250 g/mol. The van der Waals surface area contributed by atoms with Gasteiger partial charge in [-0.25, -0.2) is 0 Å². The summed E-state index contributed by atoms with van der Waals surface area (Å²) in [5.74, 6) is 2.57. The molecular formula is C13H21NO3S. The summed E-state index contributed by atoms with van der Waals surface area (Å²) >= 11 is 1.88. The second kappa shape index (κ2) is 7.02. The molecule has 0 spiro atoms. The highest BCUT2D eigenvalue weighted by Gasteiger charge is 2.22. The number of likely N-dealkylation sites (tertiary alicyclic amines) is 1. The highest BCUT2D eigenvalue weighted by Crippen LogP contribution is 2.24. The van der Waals surface area contributed by atoms with Crippen molar-refractivity contribution in [2.75, 3.05) is 31.2 Å². The van der Waals surface area contributed by atoms with E-state index in [-0.39, 0.29) is 18.4 Å². The molecule has 102 valence electrons. The molecule has 0 atom stereocenters. The van der Waals surface area contributed by atoms with Crippen LogP contribution in [-0.4, -0.2) is 48.0 Å². The van der Waals surface area contributed by atoms with Crippen LogP contribution in [0.5, 0.6) is 0 Å². The van der Waals surface area contributed by atoms with Gasteiger partial charge in [-0.15, -0.1) is 0 Å². The number of rotatable bonds is 4. The van der Waals surface area contributed by atoms with Gasteiger partial charge >= 0.3 is 5.97 Å². The van der Waals surface area contributed by atoms with Gasteiger partial charge in [-0.2, -0.15) is 11.8 Å². The Morgan fingerprint density at radius 2 is 2.06 bits per heavy atom. The van der Waals surface area contributed by atoms with Crippen molar-refractivity contribution in [1.29, 1.82) is 0 Å². The number of nitrogens with zero attached hydrogens (tertiary/aromatic N) is 1. The minimum absolute atomic E-state index is 0.103. The summed E-state index contributed by atoms with van der Waals surface area (Å²) in [4.78, 5) is 25.2. The van der Waals surface area contributed by atoms with Gasteiger partial charge in [0.2, 0.25) is 5.91 Å². The molecule has 2 rings (SSSR count). The van der Waals surface area contributed by atoms with Crippen molar-refractivity contribution in [3.63, 3.8) is 0 Å². The normalized spacial score (nSPS) is 22.0. The van der Waals surface area contributed by atoms with Crippen molar-refractivity contribution in [3.05, 3.63) is 0 Å². The van der Waals surface area contributed by atoms with Gasteiger partial charge in [0.05, 0.1) is 6.61 Å². The fourth-order valence-corrected chi connectivity index (χ4v) is 2.94. The Morgan fingerprint density at radius 3 is 2.78 bits per heavy atom. The number of ether oxygens (including phenoxy) is 1. The minimum atomic E-state index is -0.249. The smallest absolute Gasteiger partial charge is 0.325 e. The van der Waals surface area contributed by atoms with Crippen molar-refractivity contribution < 1.29 is 14.3 Å². The SMILES string of the molecule is O=C(CN1CCCCCCC1=O)OCC1CSC1. The van der Waals surface area contributed by atoms with Gasteiger partial charge in [-0.1, -0.05) is 12.8 Å². The van der Waals surface area contributed by atoms with Crippen LogP contribution in [-0.2, 0) is 14.3 Å². The van der Waals surface area contributed by atoms with E-state index >= 15 is 0 Å². The molecule has 0 N–H and O–H groups in total. The fraction of sp³-hybridized carbons (Fsp3) is 0.846. The van der Waals surface area contributed by atoms with Crippen LogP contribution in [0.3, 0.4) is 0 Å². The van der Waals surface area contributed by atoms with Crippen molar-refractivity contribution in [2.45, 2.75) is 32.1 Å². The first-order chi connectivity index (χ1) is 8.75. The zero-order valence-corrected chi connectivity index (χ0v) is 11.5. The molecule has 0 aromatic rings. The molecule has 0 aromatic heterocycles. The van der Waals surface area contributed by atoms with Crippen LogP contribution < -0.4 is 0 Å². The lowest BCUT2D eigenvalue weighted by Crippen LogP contribution is -2.38. The number of carbonyl (C=O) groups excluding carboxylic acids is 2. The number of hydrogen-bond acceptors (Lipinski definition) is 4. The number of carbonyl (C=O) groups is 2. The van der Waals surface area contributed by atoms with Crippen LogP contribution in [0.1, 0.15) is 32.1 Å². The lowest BCUT2D eigenvalue weighted by Gasteiger charge is -2.26. The van der Waals surface area contributed by atoms with Gasteiger partial charge < -0.3 is 9.64 Å². The molecule has 2 aliphatic heterocycles. The molecule has 2 aliphatic rings. The number of hydrogen-bond donors (Lipinski definition) is 0. The largest absolute Gasteiger partial charge is 0.464 e. The highest BCUT2D eigenvalue weighted by molar-refractivity contribution is 8.00.